The van der Waals surface area contributed by atoms with Gasteiger partial charge in [0.2, 0.25) is 0 Å². The predicted molar refractivity (Wildman–Crippen MR) is 118 cm³/mol. The van der Waals surface area contributed by atoms with E-state index in [0.29, 0.717) is 25.8 Å². The monoisotopic (exact) mass is 536 g/mol. The van der Waals surface area contributed by atoms with Crippen LogP contribution in [0.3, 0.4) is 0 Å². The van der Waals surface area contributed by atoms with E-state index in [9.17, 15) is 14.5 Å². The Hall–Kier alpha value is -2.78. The molecule has 0 aromatic heterocycles. The minimum absolute atomic E-state index is 0.00164. The summed E-state index contributed by atoms with van der Waals surface area (Å²) in [5.74, 6) is 0.264. The first-order valence-electron chi connectivity index (χ1n) is 8.67. The van der Waals surface area contributed by atoms with Crippen LogP contribution in [0, 0.1) is 15.9 Å². The normalized spacial score (nSPS) is 10.9. The van der Waals surface area contributed by atoms with Crippen molar-refractivity contribution < 1.29 is 18.9 Å². The molecule has 0 aliphatic heterocycles. The molecule has 9 heteroatoms. The zero-order chi connectivity index (χ0) is 21.5. The summed E-state index contributed by atoms with van der Waals surface area (Å²) in [7, 11) is 0. The molecule has 6 nitrogen and oxygen atoms in total. The molecule has 0 heterocycles. The zero-order valence-electron chi connectivity index (χ0n) is 15.4. The first kappa shape index (κ1) is 21.9. The Morgan fingerprint density at radius 3 is 2.33 bits per heavy atom. The second-order valence-corrected chi connectivity index (χ2v) is 7.88. The van der Waals surface area contributed by atoms with Crippen molar-refractivity contribution in [2.24, 2.45) is 5.16 Å². The molecule has 0 aliphatic carbocycles. The lowest BCUT2D eigenvalue weighted by Crippen LogP contribution is -1.98. The van der Waals surface area contributed by atoms with Gasteiger partial charge in [-0.15, -0.1) is 0 Å². The summed E-state index contributed by atoms with van der Waals surface area (Å²) >= 11 is 6.92. The van der Waals surface area contributed by atoms with Crippen molar-refractivity contribution in [1.29, 1.82) is 0 Å². The van der Waals surface area contributed by atoms with Crippen molar-refractivity contribution in [2.75, 3.05) is 0 Å². The van der Waals surface area contributed by atoms with Gasteiger partial charge in [-0.05, 0) is 72.8 Å². The van der Waals surface area contributed by atoms with E-state index < -0.39 is 4.92 Å². The number of nitrogens with zero attached hydrogens (tertiary/aromatic N) is 2. The molecular weight excluding hydrogens is 523 g/mol. The average Bonchev–Trinajstić information content (AvgIpc) is 2.71. The van der Waals surface area contributed by atoms with Crippen LogP contribution in [-0.2, 0) is 18.1 Å². The van der Waals surface area contributed by atoms with Crippen LogP contribution in [0.15, 0.2) is 74.8 Å². The molecule has 30 heavy (non-hydrogen) atoms. The van der Waals surface area contributed by atoms with Crippen LogP contribution in [0.25, 0.3) is 0 Å². The minimum atomic E-state index is -0.459. The Bertz CT molecular complexity index is 1070. The second-order valence-electron chi connectivity index (χ2n) is 6.17. The Labute approximate surface area is 188 Å². The molecule has 3 aromatic carbocycles. The van der Waals surface area contributed by atoms with Gasteiger partial charge in [0.15, 0.2) is 0 Å². The lowest BCUT2D eigenvalue weighted by atomic mass is 10.2. The first-order valence-corrected chi connectivity index (χ1v) is 10.3. The van der Waals surface area contributed by atoms with Crippen molar-refractivity contribution in [3.8, 4) is 5.75 Å². The van der Waals surface area contributed by atoms with Crippen LogP contribution in [0.5, 0.6) is 5.75 Å². The largest absolute Gasteiger partial charge is 0.487 e. The number of benzene rings is 3. The summed E-state index contributed by atoms with van der Waals surface area (Å²) in [4.78, 5) is 15.6. The number of hydrogen-bond donors (Lipinski definition) is 0. The quantitative estimate of drug-likeness (QED) is 0.189. The Balaban J connectivity index is 1.60. The number of non-ortho nitro benzene ring substituents is 1. The maximum atomic E-state index is 13.3. The van der Waals surface area contributed by atoms with E-state index in [1.54, 1.807) is 36.4 Å². The highest BCUT2D eigenvalue weighted by molar-refractivity contribution is 9.11. The number of halogens is 3. The van der Waals surface area contributed by atoms with E-state index in [-0.39, 0.29) is 24.7 Å². The van der Waals surface area contributed by atoms with E-state index in [1.807, 2.05) is 0 Å². The molecular formula is C21H15Br2FN2O4. The van der Waals surface area contributed by atoms with Gasteiger partial charge in [-0.2, -0.15) is 0 Å². The smallest absolute Gasteiger partial charge is 0.269 e. The second kappa shape index (κ2) is 10.3. The van der Waals surface area contributed by atoms with E-state index >= 15 is 0 Å². The van der Waals surface area contributed by atoms with Gasteiger partial charge in [0.05, 0.1) is 20.1 Å². The Morgan fingerprint density at radius 2 is 1.67 bits per heavy atom. The molecule has 0 radical (unpaired) electrons. The van der Waals surface area contributed by atoms with Gasteiger partial charge in [-0.1, -0.05) is 29.4 Å². The van der Waals surface area contributed by atoms with Crippen LogP contribution < -0.4 is 4.74 Å². The maximum absolute atomic E-state index is 13.3. The molecule has 0 saturated carbocycles. The van der Waals surface area contributed by atoms with Crippen LogP contribution >= 0.6 is 31.9 Å². The fraction of sp³-hybridized carbons (Fsp3) is 0.0952. The van der Waals surface area contributed by atoms with E-state index in [2.05, 4.69) is 37.0 Å². The molecule has 3 aromatic rings. The highest BCUT2D eigenvalue weighted by Crippen LogP contribution is 2.35. The van der Waals surface area contributed by atoms with Crippen molar-refractivity contribution in [2.45, 2.75) is 13.2 Å². The van der Waals surface area contributed by atoms with Crippen LogP contribution in [0.2, 0.25) is 0 Å². The Morgan fingerprint density at radius 1 is 1.00 bits per heavy atom. The number of nitro groups is 1. The number of ether oxygens (including phenoxy) is 1. The van der Waals surface area contributed by atoms with Crippen molar-refractivity contribution in [3.05, 3.63) is 102 Å². The number of oxime groups is 1. The highest BCUT2D eigenvalue weighted by Gasteiger charge is 2.10. The van der Waals surface area contributed by atoms with Crippen molar-refractivity contribution >= 4 is 43.8 Å². The molecule has 0 fully saturated rings. The van der Waals surface area contributed by atoms with Gasteiger partial charge < -0.3 is 9.57 Å². The highest BCUT2D eigenvalue weighted by atomic mass is 79.9. The Kier molecular flexibility index (Phi) is 7.53. The molecule has 154 valence electrons. The third-order valence-corrected chi connectivity index (χ3v) is 5.10. The third kappa shape index (κ3) is 6.11. The number of hydrogen-bond acceptors (Lipinski definition) is 5. The third-order valence-electron chi connectivity index (χ3n) is 3.92. The predicted octanol–water partition coefficient (Wildman–Crippen LogP) is 6.39. The molecule has 0 N–H and O–H groups in total. The number of nitro benzene ring substituents is 1. The van der Waals surface area contributed by atoms with Gasteiger partial charge in [-0.3, -0.25) is 10.1 Å². The number of rotatable bonds is 8. The van der Waals surface area contributed by atoms with Gasteiger partial charge in [0.1, 0.15) is 24.8 Å². The van der Waals surface area contributed by atoms with Gasteiger partial charge in [0.25, 0.3) is 5.69 Å². The zero-order valence-corrected chi connectivity index (χ0v) is 18.6. The van der Waals surface area contributed by atoms with Crippen LogP contribution in [0.4, 0.5) is 10.1 Å². The molecule has 0 saturated heterocycles. The standard InChI is InChI=1S/C21H15Br2FN2O4/c22-19-9-16(11-25-30-13-15-4-2-6-18(8-15)26(27)28)10-20(23)21(19)29-12-14-3-1-5-17(24)7-14/h1-11H,12-13H2/b25-11-. The summed E-state index contributed by atoms with van der Waals surface area (Å²) in [6.07, 6.45) is 1.52. The van der Waals surface area contributed by atoms with E-state index in [0.717, 1.165) is 5.56 Å². The van der Waals surface area contributed by atoms with Gasteiger partial charge in [0, 0.05) is 12.1 Å². The summed E-state index contributed by atoms with van der Waals surface area (Å²) in [6, 6.07) is 16.0. The molecule has 0 bridgehead atoms. The van der Waals surface area contributed by atoms with Gasteiger partial charge in [-0.25, -0.2) is 4.39 Å². The summed E-state index contributed by atoms with van der Waals surface area (Å²) in [5.41, 5.74) is 2.10. The average molecular weight is 538 g/mol. The van der Waals surface area contributed by atoms with Crippen LogP contribution in [0.1, 0.15) is 16.7 Å². The summed E-state index contributed by atoms with van der Waals surface area (Å²) < 4.78 is 20.4. The lowest BCUT2D eigenvalue weighted by molar-refractivity contribution is -0.384. The molecule has 0 spiro atoms. The topological polar surface area (TPSA) is 74.0 Å². The molecule has 0 amide bonds. The molecule has 0 aliphatic rings. The fourth-order valence-electron chi connectivity index (χ4n) is 2.54. The SMILES string of the molecule is O=[N+]([O-])c1cccc(CO/N=C\c2cc(Br)c(OCc3cccc(F)c3)c(Br)c2)c1. The first-order chi connectivity index (χ1) is 14.4. The molecule has 0 unspecified atom stereocenters. The fourth-order valence-corrected chi connectivity index (χ4v) is 3.99. The van der Waals surface area contributed by atoms with Crippen molar-refractivity contribution in [3.63, 3.8) is 0 Å². The maximum Gasteiger partial charge on any atom is 0.269 e. The lowest BCUT2D eigenvalue weighted by Gasteiger charge is -2.11. The minimum Gasteiger partial charge on any atom is -0.487 e. The summed E-state index contributed by atoms with van der Waals surface area (Å²) in [6.45, 7) is 0.323. The van der Waals surface area contributed by atoms with Crippen molar-refractivity contribution in [1.82, 2.24) is 0 Å². The van der Waals surface area contributed by atoms with E-state index in [1.165, 1.54) is 30.5 Å². The van der Waals surface area contributed by atoms with Crippen LogP contribution in [-0.4, -0.2) is 11.1 Å². The molecule has 0 atom stereocenters. The summed E-state index contributed by atoms with van der Waals surface area (Å²) in [5, 5.41) is 14.7. The van der Waals surface area contributed by atoms with E-state index in [4.69, 9.17) is 9.57 Å². The van der Waals surface area contributed by atoms with Gasteiger partial charge >= 0.3 is 0 Å². The molecule has 3 rings (SSSR count).